The summed E-state index contributed by atoms with van der Waals surface area (Å²) in [5.74, 6) is 0.765. The van der Waals surface area contributed by atoms with Crippen LogP contribution in [0.15, 0.2) is 54.3 Å². The summed E-state index contributed by atoms with van der Waals surface area (Å²) in [6.45, 7) is 7.76. The maximum absolute atomic E-state index is 5.89. The third kappa shape index (κ3) is 4.63. The minimum Gasteiger partial charge on any atom is -0.357 e. The maximum Gasteiger partial charge on any atom is 0.191 e. The Hall–Kier alpha value is -2.27. The van der Waals surface area contributed by atoms with Crippen LogP contribution < -0.4 is 10.6 Å². The van der Waals surface area contributed by atoms with Gasteiger partial charge in [-0.15, -0.1) is 6.58 Å². The van der Waals surface area contributed by atoms with Gasteiger partial charge in [-0.1, -0.05) is 17.7 Å². The van der Waals surface area contributed by atoms with Gasteiger partial charge in [0.15, 0.2) is 5.96 Å². The molecule has 0 radical (unpaired) electrons. The van der Waals surface area contributed by atoms with Crippen molar-refractivity contribution >= 4 is 17.6 Å². The van der Waals surface area contributed by atoms with Gasteiger partial charge in [0, 0.05) is 29.9 Å². The molecule has 22 heavy (non-hydrogen) atoms. The summed E-state index contributed by atoms with van der Waals surface area (Å²) in [6, 6.07) is 7.55. The molecule has 116 valence electrons. The van der Waals surface area contributed by atoms with Crippen molar-refractivity contribution < 1.29 is 0 Å². The summed E-state index contributed by atoms with van der Waals surface area (Å²) >= 11 is 5.89. The lowest BCUT2D eigenvalue weighted by atomic mass is 10.3. The minimum atomic E-state index is 0.556. The highest BCUT2D eigenvalue weighted by Crippen LogP contribution is 2.13. The molecule has 0 aliphatic rings. The molecule has 0 saturated heterocycles. The Morgan fingerprint density at radius 1 is 1.36 bits per heavy atom. The normalized spacial score (nSPS) is 11.3. The average molecular weight is 318 g/mol. The van der Waals surface area contributed by atoms with E-state index in [0.29, 0.717) is 18.1 Å². The molecule has 0 fully saturated rings. The van der Waals surface area contributed by atoms with E-state index >= 15 is 0 Å². The SMILES string of the molecule is C=CCNC(=NCc1cnn(-c2ccc(Cl)cc2)c1)NCC. The Morgan fingerprint density at radius 3 is 2.82 bits per heavy atom. The molecule has 1 aromatic heterocycles. The second kappa shape index (κ2) is 8.24. The molecule has 5 nitrogen and oxygen atoms in total. The van der Waals surface area contributed by atoms with Crippen molar-refractivity contribution in [1.29, 1.82) is 0 Å². The second-order valence-corrected chi connectivity index (χ2v) is 5.07. The largest absolute Gasteiger partial charge is 0.357 e. The molecule has 2 N–H and O–H groups in total. The highest BCUT2D eigenvalue weighted by molar-refractivity contribution is 6.30. The van der Waals surface area contributed by atoms with Gasteiger partial charge >= 0.3 is 0 Å². The van der Waals surface area contributed by atoms with Gasteiger partial charge in [0.2, 0.25) is 0 Å². The van der Waals surface area contributed by atoms with Crippen LogP contribution in [0.3, 0.4) is 0 Å². The molecule has 2 aromatic rings. The van der Waals surface area contributed by atoms with Gasteiger partial charge in [0.1, 0.15) is 0 Å². The van der Waals surface area contributed by atoms with Crippen LogP contribution in [0.5, 0.6) is 0 Å². The number of halogens is 1. The van der Waals surface area contributed by atoms with Gasteiger partial charge in [0.25, 0.3) is 0 Å². The van der Waals surface area contributed by atoms with Crippen LogP contribution in [0.2, 0.25) is 5.02 Å². The predicted octanol–water partition coefficient (Wildman–Crippen LogP) is 2.77. The number of aromatic nitrogens is 2. The van der Waals surface area contributed by atoms with Crippen LogP contribution in [0, 0.1) is 0 Å². The molecule has 0 aliphatic carbocycles. The van der Waals surface area contributed by atoms with Crippen LogP contribution in [0.4, 0.5) is 0 Å². The van der Waals surface area contributed by atoms with Gasteiger partial charge < -0.3 is 10.6 Å². The van der Waals surface area contributed by atoms with Crippen LogP contribution >= 0.6 is 11.6 Å². The van der Waals surface area contributed by atoms with E-state index in [1.54, 1.807) is 6.08 Å². The smallest absolute Gasteiger partial charge is 0.191 e. The highest BCUT2D eigenvalue weighted by Gasteiger charge is 2.02. The van der Waals surface area contributed by atoms with Crippen molar-refractivity contribution in [2.24, 2.45) is 4.99 Å². The van der Waals surface area contributed by atoms with E-state index in [1.165, 1.54) is 0 Å². The van der Waals surface area contributed by atoms with Crippen molar-refractivity contribution in [2.45, 2.75) is 13.5 Å². The Labute approximate surface area is 135 Å². The Bertz CT molecular complexity index is 630. The Balaban J connectivity index is 2.04. The Kier molecular flexibility index (Phi) is 6.03. The lowest BCUT2D eigenvalue weighted by molar-refractivity contribution is 0.859. The molecule has 0 aliphatic heterocycles. The second-order valence-electron chi connectivity index (χ2n) is 4.63. The fourth-order valence-electron chi connectivity index (χ4n) is 1.86. The molecule has 0 unspecified atom stereocenters. The summed E-state index contributed by atoms with van der Waals surface area (Å²) in [5, 5.41) is 11.4. The topological polar surface area (TPSA) is 54.2 Å². The zero-order valence-corrected chi connectivity index (χ0v) is 13.3. The summed E-state index contributed by atoms with van der Waals surface area (Å²) in [5.41, 5.74) is 2.00. The first kappa shape index (κ1) is 16.1. The quantitative estimate of drug-likeness (QED) is 0.489. The van der Waals surface area contributed by atoms with E-state index in [9.17, 15) is 0 Å². The average Bonchev–Trinajstić information content (AvgIpc) is 3.00. The first-order chi connectivity index (χ1) is 10.7. The van der Waals surface area contributed by atoms with Crippen molar-refractivity contribution in [3.05, 3.63) is 59.9 Å². The number of hydrogen-bond donors (Lipinski definition) is 2. The molecular formula is C16H20ClN5. The highest BCUT2D eigenvalue weighted by atomic mass is 35.5. The van der Waals surface area contributed by atoms with E-state index in [0.717, 1.165) is 23.8 Å². The van der Waals surface area contributed by atoms with Crippen LogP contribution in [-0.4, -0.2) is 28.8 Å². The molecule has 0 atom stereocenters. The van der Waals surface area contributed by atoms with Gasteiger partial charge in [-0.2, -0.15) is 5.10 Å². The Morgan fingerprint density at radius 2 is 2.14 bits per heavy atom. The van der Waals surface area contributed by atoms with Crippen LogP contribution in [0.25, 0.3) is 5.69 Å². The fraction of sp³-hybridized carbons (Fsp3) is 0.250. The van der Waals surface area contributed by atoms with E-state index < -0.39 is 0 Å². The van der Waals surface area contributed by atoms with E-state index in [1.807, 2.05) is 48.3 Å². The zero-order chi connectivity index (χ0) is 15.8. The molecule has 1 aromatic carbocycles. The molecule has 0 spiro atoms. The molecule has 1 heterocycles. The lowest BCUT2D eigenvalue weighted by Crippen LogP contribution is -2.37. The number of hydrogen-bond acceptors (Lipinski definition) is 2. The minimum absolute atomic E-state index is 0.556. The van der Waals surface area contributed by atoms with Gasteiger partial charge in [-0.3, -0.25) is 0 Å². The summed E-state index contributed by atoms with van der Waals surface area (Å²) in [6.07, 6.45) is 5.57. The lowest BCUT2D eigenvalue weighted by Gasteiger charge is -2.08. The van der Waals surface area contributed by atoms with E-state index in [-0.39, 0.29) is 0 Å². The number of aliphatic imine (C=N–C) groups is 1. The van der Waals surface area contributed by atoms with Gasteiger partial charge in [-0.25, -0.2) is 9.67 Å². The molecular weight excluding hydrogens is 298 g/mol. The van der Waals surface area contributed by atoms with Crippen LogP contribution in [0.1, 0.15) is 12.5 Å². The number of benzene rings is 1. The monoisotopic (exact) mass is 317 g/mol. The van der Waals surface area contributed by atoms with Crippen molar-refractivity contribution in [3.8, 4) is 5.69 Å². The summed E-state index contributed by atoms with van der Waals surface area (Å²) in [7, 11) is 0. The maximum atomic E-state index is 5.89. The third-order valence-electron chi connectivity index (χ3n) is 2.91. The molecule has 6 heteroatoms. The van der Waals surface area contributed by atoms with Crippen LogP contribution in [-0.2, 0) is 6.54 Å². The zero-order valence-electron chi connectivity index (χ0n) is 12.6. The summed E-state index contributed by atoms with van der Waals surface area (Å²) in [4.78, 5) is 4.51. The van der Waals surface area contributed by atoms with Crippen molar-refractivity contribution in [1.82, 2.24) is 20.4 Å². The number of nitrogens with zero attached hydrogens (tertiary/aromatic N) is 3. The first-order valence-electron chi connectivity index (χ1n) is 7.15. The molecule has 0 saturated carbocycles. The third-order valence-corrected chi connectivity index (χ3v) is 3.16. The standard InChI is InChI=1S/C16H20ClN5/c1-3-9-19-16(18-4-2)20-10-13-11-21-22(12-13)15-7-5-14(17)6-8-15/h3,5-8,11-12H,1,4,9-10H2,2H3,(H2,18,19,20). The summed E-state index contributed by atoms with van der Waals surface area (Å²) < 4.78 is 1.81. The van der Waals surface area contributed by atoms with Gasteiger partial charge in [0.05, 0.1) is 18.4 Å². The number of rotatable bonds is 6. The van der Waals surface area contributed by atoms with E-state index in [2.05, 4.69) is 27.3 Å². The van der Waals surface area contributed by atoms with Crippen molar-refractivity contribution in [3.63, 3.8) is 0 Å². The number of nitrogens with one attached hydrogen (secondary N) is 2. The molecule has 0 amide bonds. The predicted molar refractivity (Wildman–Crippen MR) is 91.6 cm³/mol. The fourth-order valence-corrected chi connectivity index (χ4v) is 1.98. The van der Waals surface area contributed by atoms with Gasteiger partial charge in [-0.05, 0) is 31.2 Å². The number of guanidine groups is 1. The molecule has 2 rings (SSSR count). The first-order valence-corrected chi connectivity index (χ1v) is 7.53. The van der Waals surface area contributed by atoms with Crippen molar-refractivity contribution in [2.75, 3.05) is 13.1 Å². The van der Waals surface area contributed by atoms with E-state index in [4.69, 9.17) is 11.6 Å². The molecule has 0 bridgehead atoms.